The molecular weight excluding hydrogens is 382 g/mol. The van der Waals surface area contributed by atoms with Crippen molar-refractivity contribution in [3.05, 3.63) is 64.0 Å². The SMILES string of the molecule is Cc1nc(-c2ccccn2)sc1C(=O)NCCc1nc2ccc(Cl)cc2[nH]1. The molecule has 0 saturated heterocycles. The van der Waals surface area contributed by atoms with Crippen LogP contribution >= 0.6 is 22.9 Å². The number of H-pyrrole nitrogens is 1. The number of amides is 1. The van der Waals surface area contributed by atoms with Crippen molar-refractivity contribution < 1.29 is 4.79 Å². The Morgan fingerprint density at radius 2 is 2.15 bits per heavy atom. The van der Waals surface area contributed by atoms with Gasteiger partial charge in [0.1, 0.15) is 15.7 Å². The lowest BCUT2D eigenvalue weighted by atomic mass is 10.3. The average molecular weight is 398 g/mol. The average Bonchev–Trinajstić information content (AvgIpc) is 3.25. The molecule has 1 aromatic carbocycles. The molecule has 0 bridgehead atoms. The number of rotatable bonds is 5. The topological polar surface area (TPSA) is 83.6 Å². The number of halogens is 1. The van der Waals surface area contributed by atoms with Gasteiger partial charge in [0.15, 0.2) is 0 Å². The molecule has 0 aliphatic carbocycles. The van der Waals surface area contributed by atoms with E-state index in [1.165, 1.54) is 11.3 Å². The molecule has 0 aliphatic heterocycles. The van der Waals surface area contributed by atoms with Crippen LogP contribution in [0.4, 0.5) is 0 Å². The number of fused-ring (bicyclic) bond motifs is 1. The van der Waals surface area contributed by atoms with Gasteiger partial charge in [0.25, 0.3) is 5.91 Å². The van der Waals surface area contributed by atoms with Crippen molar-refractivity contribution in [3.8, 4) is 10.7 Å². The fourth-order valence-corrected chi connectivity index (χ4v) is 3.87. The Balaban J connectivity index is 1.41. The second kappa shape index (κ2) is 7.46. The summed E-state index contributed by atoms with van der Waals surface area (Å²) < 4.78 is 0. The molecule has 4 rings (SSSR count). The first-order valence-electron chi connectivity index (χ1n) is 8.41. The molecule has 0 unspecified atom stereocenters. The molecule has 0 spiro atoms. The summed E-state index contributed by atoms with van der Waals surface area (Å²) in [7, 11) is 0. The van der Waals surface area contributed by atoms with E-state index in [1.807, 2.05) is 43.3 Å². The Labute approximate surface area is 164 Å². The number of imidazole rings is 1. The molecule has 3 aromatic heterocycles. The number of nitrogens with one attached hydrogen (secondary N) is 2. The Hall–Kier alpha value is -2.77. The van der Waals surface area contributed by atoms with Gasteiger partial charge >= 0.3 is 0 Å². The summed E-state index contributed by atoms with van der Waals surface area (Å²) in [5, 5.41) is 4.34. The monoisotopic (exact) mass is 397 g/mol. The van der Waals surface area contributed by atoms with Crippen LogP contribution in [-0.2, 0) is 6.42 Å². The second-order valence-corrected chi connectivity index (χ2v) is 7.43. The predicted molar refractivity (Wildman–Crippen MR) is 107 cm³/mol. The maximum absolute atomic E-state index is 12.5. The number of aromatic amines is 1. The van der Waals surface area contributed by atoms with E-state index in [9.17, 15) is 4.79 Å². The second-order valence-electron chi connectivity index (χ2n) is 6.00. The maximum Gasteiger partial charge on any atom is 0.263 e. The molecule has 1 amide bonds. The van der Waals surface area contributed by atoms with Gasteiger partial charge in [0.2, 0.25) is 0 Å². The van der Waals surface area contributed by atoms with E-state index in [0.29, 0.717) is 28.6 Å². The minimum absolute atomic E-state index is 0.133. The molecule has 4 aromatic rings. The van der Waals surface area contributed by atoms with Crippen LogP contribution in [0.2, 0.25) is 5.02 Å². The Kier molecular flexibility index (Phi) is 4.87. The number of hydrogen-bond donors (Lipinski definition) is 2. The van der Waals surface area contributed by atoms with Crippen molar-refractivity contribution in [2.45, 2.75) is 13.3 Å². The largest absolute Gasteiger partial charge is 0.351 e. The quantitative estimate of drug-likeness (QED) is 0.532. The van der Waals surface area contributed by atoms with Gasteiger partial charge < -0.3 is 10.3 Å². The van der Waals surface area contributed by atoms with Crippen molar-refractivity contribution in [1.82, 2.24) is 25.3 Å². The van der Waals surface area contributed by atoms with Crippen LogP contribution in [-0.4, -0.2) is 32.4 Å². The van der Waals surface area contributed by atoms with E-state index in [4.69, 9.17) is 11.6 Å². The van der Waals surface area contributed by atoms with Crippen molar-refractivity contribution in [3.63, 3.8) is 0 Å². The van der Waals surface area contributed by atoms with Crippen LogP contribution < -0.4 is 5.32 Å². The first-order valence-corrected chi connectivity index (χ1v) is 9.61. The molecule has 8 heteroatoms. The van der Waals surface area contributed by atoms with Gasteiger partial charge in [-0.05, 0) is 37.3 Å². The number of carbonyl (C=O) groups is 1. The van der Waals surface area contributed by atoms with Gasteiger partial charge in [0.05, 0.1) is 22.4 Å². The highest BCUT2D eigenvalue weighted by Crippen LogP contribution is 2.26. The van der Waals surface area contributed by atoms with Gasteiger partial charge in [-0.25, -0.2) is 9.97 Å². The number of benzene rings is 1. The van der Waals surface area contributed by atoms with E-state index in [0.717, 1.165) is 27.6 Å². The highest BCUT2D eigenvalue weighted by molar-refractivity contribution is 7.17. The smallest absolute Gasteiger partial charge is 0.263 e. The predicted octanol–water partition coefficient (Wildman–Crippen LogP) is 4.02. The third-order valence-corrected chi connectivity index (χ3v) is 5.44. The first kappa shape index (κ1) is 17.6. The summed E-state index contributed by atoms with van der Waals surface area (Å²) in [5.41, 5.74) is 3.23. The highest BCUT2D eigenvalue weighted by atomic mass is 35.5. The zero-order valence-corrected chi connectivity index (χ0v) is 16.1. The molecule has 0 saturated carbocycles. The van der Waals surface area contributed by atoms with Crippen LogP contribution in [0.5, 0.6) is 0 Å². The number of aryl methyl sites for hydroxylation is 1. The summed E-state index contributed by atoms with van der Waals surface area (Å²) in [4.78, 5) is 29.6. The third kappa shape index (κ3) is 3.84. The van der Waals surface area contributed by atoms with Gasteiger partial charge in [-0.15, -0.1) is 11.3 Å². The molecule has 0 aliphatic rings. The molecule has 136 valence electrons. The van der Waals surface area contributed by atoms with E-state index < -0.39 is 0 Å². The highest BCUT2D eigenvalue weighted by Gasteiger charge is 2.16. The lowest BCUT2D eigenvalue weighted by molar-refractivity contribution is 0.0957. The van der Waals surface area contributed by atoms with Crippen LogP contribution in [0.1, 0.15) is 21.2 Å². The fraction of sp³-hybridized carbons (Fsp3) is 0.158. The molecule has 0 radical (unpaired) electrons. The zero-order valence-electron chi connectivity index (χ0n) is 14.5. The number of carbonyl (C=O) groups excluding carboxylic acids is 1. The molecule has 3 heterocycles. The van der Waals surface area contributed by atoms with Crippen molar-refractivity contribution in [2.75, 3.05) is 6.54 Å². The summed E-state index contributed by atoms with van der Waals surface area (Å²) in [5.74, 6) is 0.675. The number of thiazole rings is 1. The van der Waals surface area contributed by atoms with Crippen molar-refractivity contribution in [1.29, 1.82) is 0 Å². The third-order valence-electron chi connectivity index (χ3n) is 4.03. The van der Waals surface area contributed by atoms with Crippen LogP contribution in [0.3, 0.4) is 0 Å². The standard InChI is InChI=1S/C19H16ClN5OS/c1-11-17(27-19(23-11)14-4-2-3-8-21-14)18(26)22-9-7-16-24-13-6-5-12(20)10-15(13)25-16/h2-6,8,10H,7,9H2,1H3,(H,22,26)(H,24,25). The molecular formula is C19H16ClN5OS. The van der Waals surface area contributed by atoms with E-state index in [-0.39, 0.29) is 5.91 Å². The Morgan fingerprint density at radius 3 is 2.96 bits per heavy atom. The summed E-state index contributed by atoms with van der Waals surface area (Å²) in [6.45, 7) is 2.31. The normalized spacial score (nSPS) is 11.0. The van der Waals surface area contributed by atoms with E-state index in [1.54, 1.807) is 6.20 Å². The van der Waals surface area contributed by atoms with Gasteiger partial charge in [-0.3, -0.25) is 9.78 Å². The minimum Gasteiger partial charge on any atom is -0.351 e. The van der Waals surface area contributed by atoms with Gasteiger partial charge in [0, 0.05) is 24.2 Å². The van der Waals surface area contributed by atoms with Crippen LogP contribution in [0.25, 0.3) is 21.7 Å². The maximum atomic E-state index is 12.5. The lowest BCUT2D eigenvalue weighted by Gasteiger charge is -2.02. The summed E-state index contributed by atoms with van der Waals surface area (Å²) in [6, 6.07) is 11.2. The summed E-state index contributed by atoms with van der Waals surface area (Å²) >= 11 is 7.34. The van der Waals surface area contributed by atoms with E-state index >= 15 is 0 Å². The molecule has 6 nitrogen and oxygen atoms in total. The number of hydrogen-bond acceptors (Lipinski definition) is 5. The fourth-order valence-electron chi connectivity index (χ4n) is 2.73. The number of aromatic nitrogens is 4. The first-order chi connectivity index (χ1) is 13.1. The summed E-state index contributed by atoms with van der Waals surface area (Å²) in [6.07, 6.45) is 2.31. The van der Waals surface area contributed by atoms with Gasteiger partial charge in [-0.1, -0.05) is 17.7 Å². The molecule has 0 atom stereocenters. The van der Waals surface area contributed by atoms with Gasteiger partial charge in [-0.2, -0.15) is 0 Å². The molecule has 27 heavy (non-hydrogen) atoms. The van der Waals surface area contributed by atoms with Crippen molar-refractivity contribution in [2.24, 2.45) is 0 Å². The Morgan fingerprint density at radius 1 is 1.26 bits per heavy atom. The van der Waals surface area contributed by atoms with Crippen molar-refractivity contribution >= 4 is 39.9 Å². The molecule has 2 N–H and O–H groups in total. The lowest BCUT2D eigenvalue weighted by Crippen LogP contribution is -2.25. The minimum atomic E-state index is -0.133. The number of pyridine rings is 1. The number of nitrogens with zero attached hydrogens (tertiary/aromatic N) is 3. The van der Waals surface area contributed by atoms with E-state index in [2.05, 4.69) is 25.3 Å². The van der Waals surface area contributed by atoms with Crippen LogP contribution in [0.15, 0.2) is 42.6 Å². The zero-order chi connectivity index (χ0) is 18.8. The van der Waals surface area contributed by atoms with Crippen LogP contribution in [0, 0.1) is 6.92 Å². The molecule has 0 fully saturated rings. The Bertz CT molecular complexity index is 1110.